The van der Waals surface area contributed by atoms with Crippen LogP contribution in [0.3, 0.4) is 0 Å². The molecule has 2 N–H and O–H groups in total. The molecule has 1 aliphatic heterocycles. The lowest BCUT2D eigenvalue weighted by molar-refractivity contribution is -0.384. The Bertz CT molecular complexity index is 712. The van der Waals surface area contributed by atoms with E-state index in [-0.39, 0.29) is 23.5 Å². The number of carbonyl (C=O) groups excluding carboxylic acids is 2. The highest BCUT2D eigenvalue weighted by molar-refractivity contribution is 5.90. The van der Waals surface area contributed by atoms with Gasteiger partial charge in [0.2, 0.25) is 11.8 Å². The summed E-state index contributed by atoms with van der Waals surface area (Å²) in [6.45, 7) is 5.87. The minimum atomic E-state index is -0.471. The zero-order chi connectivity index (χ0) is 20.1. The molecule has 1 aromatic rings. The first-order valence-corrected chi connectivity index (χ1v) is 9.73. The topological polar surface area (TPSA) is 108 Å². The molecule has 0 bridgehead atoms. The number of rotatable bonds is 8. The smallest absolute Gasteiger partial charge is 0.269 e. The average molecular weight is 389 g/mol. The molecule has 1 heterocycles. The number of benzene rings is 1. The van der Waals surface area contributed by atoms with Crippen LogP contribution in [0, 0.1) is 10.1 Å². The molecule has 2 amide bonds. The van der Waals surface area contributed by atoms with Crippen LogP contribution in [0.15, 0.2) is 24.3 Å². The van der Waals surface area contributed by atoms with Crippen LogP contribution >= 0.6 is 0 Å². The lowest BCUT2D eigenvalue weighted by Gasteiger charge is -2.37. The monoisotopic (exact) mass is 389 g/mol. The van der Waals surface area contributed by atoms with E-state index in [0.717, 1.165) is 39.0 Å². The van der Waals surface area contributed by atoms with E-state index in [0.29, 0.717) is 24.7 Å². The van der Waals surface area contributed by atoms with Crippen molar-refractivity contribution in [2.24, 2.45) is 0 Å². The number of non-ortho nitro benzene ring substituents is 1. The number of amides is 2. The summed E-state index contributed by atoms with van der Waals surface area (Å²) in [6.07, 6.45) is 2.54. The van der Waals surface area contributed by atoms with Crippen molar-refractivity contribution in [3.63, 3.8) is 0 Å². The summed E-state index contributed by atoms with van der Waals surface area (Å²) in [5.74, 6) is -0.00751. The van der Waals surface area contributed by atoms with Crippen LogP contribution in [0.25, 0.3) is 0 Å². The van der Waals surface area contributed by atoms with Crippen molar-refractivity contribution in [3.05, 3.63) is 34.4 Å². The number of nitro groups is 1. The molecule has 1 saturated heterocycles. The van der Waals surface area contributed by atoms with Crippen molar-refractivity contribution in [2.75, 3.05) is 38.0 Å². The molecule has 28 heavy (non-hydrogen) atoms. The Balaban J connectivity index is 1.35. The lowest BCUT2D eigenvalue weighted by atomic mass is 10.2. The van der Waals surface area contributed by atoms with Gasteiger partial charge in [-0.15, -0.1) is 0 Å². The third-order valence-electron chi connectivity index (χ3n) is 5.27. The molecule has 1 saturated carbocycles. The van der Waals surface area contributed by atoms with Crippen molar-refractivity contribution in [1.29, 1.82) is 0 Å². The predicted molar refractivity (Wildman–Crippen MR) is 105 cm³/mol. The van der Waals surface area contributed by atoms with Crippen LogP contribution in [0.1, 0.15) is 26.2 Å². The second-order valence-electron chi connectivity index (χ2n) is 7.44. The van der Waals surface area contributed by atoms with E-state index in [1.807, 2.05) is 6.92 Å². The normalized spacial score (nSPS) is 19.0. The molecule has 2 aliphatic rings. The highest BCUT2D eigenvalue weighted by atomic mass is 16.6. The molecule has 0 spiro atoms. The molecule has 0 radical (unpaired) electrons. The van der Waals surface area contributed by atoms with Gasteiger partial charge in [-0.25, -0.2) is 0 Å². The lowest BCUT2D eigenvalue weighted by Crippen LogP contribution is -2.54. The van der Waals surface area contributed by atoms with Gasteiger partial charge in [0.05, 0.1) is 11.0 Å². The molecule has 2 fully saturated rings. The molecule has 9 nitrogen and oxygen atoms in total. The number of carbonyl (C=O) groups is 2. The summed E-state index contributed by atoms with van der Waals surface area (Å²) in [5, 5.41) is 16.5. The van der Waals surface area contributed by atoms with Gasteiger partial charge in [0, 0.05) is 63.0 Å². The number of hydrogen-bond acceptors (Lipinski definition) is 6. The van der Waals surface area contributed by atoms with Gasteiger partial charge in [0.15, 0.2) is 0 Å². The first-order valence-electron chi connectivity index (χ1n) is 9.73. The van der Waals surface area contributed by atoms with Gasteiger partial charge in [-0.05, 0) is 31.9 Å². The molecule has 0 aromatic heterocycles. The Morgan fingerprint density at radius 1 is 1.18 bits per heavy atom. The quantitative estimate of drug-likeness (QED) is 0.511. The van der Waals surface area contributed by atoms with Crippen molar-refractivity contribution >= 4 is 23.2 Å². The Kier molecular flexibility index (Phi) is 6.58. The number of anilines is 1. The first kappa shape index (κ1) is 20.2. The molecule has 3 rings (SSSR count). The number of piperazine rings is 1. The Morgan fingerprint density at radius 3 is 2.39 bits per heavy atom. The van der Waals surface area contributed by atoms with Crippen LogP contribution in [0.5, 0.6) is 0 Å². The molecule has 1 unspecified atom stereocenters. The zero-order valence-electron chi connectivity index (χ0n) is 16.1. The minimum absolute atomic E-state index is 0.00379. The molecule has 152 valence electrons. The molecule has 1 atom stereocenters. The largest absolute Gasteiger partial charge is 0.352 e. The third kappa shape index (κ3) is 5.74. The van der Waals surface area contributed by atoms with E-state index in [9.17, 15) is 19.7 Å². The minimum Gasteiger partial charge on any atom is -0.352 e. The van der Waals surface area contributed by atoms with E-state index in [1.54, 1.807) is 0 Å². The van der Waals surface area contributed by atoms with Gasteiger partial charge in [-0.2, -0.15) is 0 Å². The van der Waals surface area contributed by atoms with Gasteiger partial charge in [0.25, 0.3) is 5.69 Å². The average Bonchev–Trinajstić information content (AvgIpc) is 3.50. The van der Waals surface area contributed by atoms with Gasteiger partial charge in [-0.3, -0.25) is 24.6 Å². The van der Waals surface area contributed by atoms with E-state index < -0.39 is 4.92 Å². The Morgan fingerprint density at radius 2 is 1.82 bits per heavy atom. The van der Waals surface area contributed by atoms with Crippen LogP contribution in [-0.4, -0.2) is 71.3 Å². The number of nitrogens with one attached hydrogen (secondary N) is 2. The summed E-state index contributed by atoms with van der Waals surface area (Å²) < 4.78 is 0. The molecular formula is C19H27N5O4. The summed E-state index contributed by atoms with van der Waals surface area (Å²) in [6, 6.07) is 6.06. The molecule has 1 aliphatic carbocycles. The van der Waals surface area contributed by atoms with Gasteiger partial charge >= 0.3 is 0 Å². The Hall–Kier alpha value is -2.52. The molecule has 9 heteroatoms. The van der Waals surface area contributed by atoms with Crippen molar-refractivity contribution in [3.8, 4) is 0 Å². The van der Waals surface area contributed by atoms with Gasteiger partial charge in [-0.1, -0.05) is 0 Å². The fourth-order valence-corrected chi connectivity index (χ4v) is 3.24. The fraction of sp³-hybridized carbons (Fsp3) is 0.579. The first-order chi connectivity index (χ1) is 13.4. The second-order valence-corrected chi connectivity index (χ2v) is 7.44. The SMILES string of the molecule is CC(C(=O)NC1CC1)N1CCN(CCC(=O)Nc2ccc([N+](=O)[O-])cc2)CC1. The van der Waals surface area contributed by atoms with Crippen LogP contribution in [-0.2, 0) is 9.59 Å². The highest BCUT2D eigenvalue weighted by Gasteiger charge is 2.29. The fourth-order valence-electron chi connectivity index (χ4n) is 3.24. The van der Waals surface area contributed by atoms with Crippen LogP contribution in [0.2, 0.25) is 0 Å². The van der Waals surface area contributed by atoms with E-state index in [4.69, 9.17) is 0 Å². The van der Waals surface area contributed by atoms with Crippen LogP contribution < -0.4 is 10.6 Å². The number of nitro benzene ring substituents is 1. The summed E-state index contributed by atoms with van der Waals surface area (Å²) in [7, 11) is 0. The molecule has 1 aromatic carbocycles. The maximum atomic E-state index is 12.2. The standard InChI is InChI=1S/C19H27N5O4/c1-14(19(26)21-16-2-3-16)23-12-10-22(11-13-23)9-8-18(25)20-15-4-6-17(7-5-15)24(27)28/h4-7,14,16H,2-3,8-13H2,1H3,(H,20,25)(H,21,26). The van der Waals surface area contributed by atoms with Gasteiger partial charge in [0.1, 0.15) is 0 Å². The number of hydrogen-bond donors (Lipinski definition) is 2. The molecular weight excluding hydrogens is 362 g/mol. The summed E-state index contributed by atoms with van der Waals surface area (Å²) in [4.78, 5) is 38.9. The third-order valence-corrected chi connectivity index (χ3v) is 5.27. The van der Waals surface area contributed by atoms with Crippen molar-refractivity contribution in [2.45, 2.75) is 38.3 Å². The highest BCUT2D eigenvalue weighted by Crippen LogP contribution is 2.19. The predicted octanol–water partition coefficient (Wildman–Crippen LogP) is 1.21. The Labute approximate surface area is 164 Å². The van der Waals surface area contributed by atoms with Crippen molar-refractivity contribution < 1.29 is 14.5 Å². The maximum absolute atomic E-state index is 12.2. The zero-order valence-corrected chi connectivity index (χ0v) is 16.1. The van der Waals surface area contributed by atoms with Crippen LogP contribution in [0.4, 0.5) is 11.4 Å². The summed E-state index contributed by atoms with van der Waals surface area (Å²) in [5.41, 5.74) is 0.548. The summed E-state index contributed by atoms with van der Waals surface area (Å²) >= 11 is 0. The van der Waals surface area contributed by atoms with Gasteiger partial charge < -0.3 is 15.5 Å². The van der Waals surface area contributed by atoms with Crippen molar-refractivity contribution in [1.82, 2.24) is 15.1 Å². The second kappa shape index (κ2) is 9.11. The van der Waals surface area contributed by atoms with E-state index in [1.165, 1.54) is 24.3 Å². The van der Waals surface area contributed by atoms with E-state index in [2.05, 4.69) is 20.4 Å². The number of nitrogens with zero attached hydrogens (tertiary/aromatic N) is 3. The van der Waals surface area contributed by atoms with E-state index >= 15 is 0 Å². The maximum Gasteiger partial charge on any atom is 0.269 e.